The van der Waals surface area contributed by atoms with Crippen molar-refractivity contribution >= 4 is 5.91 Å². The number of ether oxygens (including phenoxy) is 1. The number of hydrogen-bond acceptors (Lipinski definition) is 3. The molecule has 14 heavy (non-hydrogen) atoms. The van der Waals surface area contributed by atoms with Gasteiger partial charge in [0.15, 0.2) is 0 Å². The number of nitrogens with one attached hydrogen (secondary N) is 1. The summed E-state index contributed by atoms with van der Waals surface area (Å²) in [5, 5.41) is 11.2. The number of aliphatic hydroxyl groups is 1. The second-order valence-electron chi connectivity index (χ2n) is 3.65. The van der Waals surface area contributed by atoms with E-state index in [1.165, 1.54) is 0 Å². The Kier molecular flexibility index (Phi) is 8.57. The second kappa shape index (κ2) is 8.97. The maximum atomic E-state index is 11.0. The lowest BCUT2D eigenvalue weighted by Crippen LogP contribution is -2.27. The molecule has 0 atom stereocenters. The Bertz CT molecular complexity index is 148. The molecule has 0 aromatic carbocycles. The van der Waals surface area contributed by atoms with Crippen LogP contribution < -0.4 is 5.32 Å². The van der Waals surface area contributed by atoms with Gasteiger partial charge in [-0.25, -0.2) is 0 Å². The van der Waals surface area contributed by atoms with Gasteiger partial charge in [-0.3, -0.25) is 4.79 Å². The van der Waals surface area contributed by atoms with Crippen LogP contribution in [0.1, 0.15) is 26.7 Å². The second-order valence-corrected chi connectivity index (χ2v) is 3.65. The predicted molar refractivity (Wildman–Crippen MR) is 55.0 cm³/mol. The van der Waals surface area contributed by atoms with Crippen LogP contribution in [0.25, 0.3) is 0 Å². The molecule has 0 aliphatic heterocycles. The number of carbonyl (C=O) groups excluding carboxylic acids is 1. The van der Waals surface area contributed by atoms with Gasteiger partial charge in [0, 0.05) is 26.2 Å². The maximum absolute atomic E-state index is 11.0. The molecule has 0 bridgehead atoms. The molecule has 0 radical (unpaired) electrons. The lowest BCUT2D eigenvalue weighted by molar-refractivity contribution is -0.121. The normalized spacial score (nSPS) is 10.6. The number of hydrogen-bond donors (Lipinski definition) is 2. The summed E-state index contributed by atoms with van der Waals surface area (Å²) in [4.78, 5) is 11.0. The van der Waals surface area contributed by atoms with E-state index in [4.69, 9.17) is 9.84 Å². The highest BCUT2D eigenvalue weighted by atomic mass is 16.5. The Hall–Kier alpha value is -0.610. The largest absolute Gasteiger partial charge is 0.396 e. The van der Waals surface area contributed by atoms with Crippen molar-refractivity contribution in [3.05, 3.63) is 0 Å². The van der Waals surface area contributed by atoms with Crippen molar-refractivity contribution in [1.29, 1.82) is 0 Å². The topological polar surface area (TPSA) is 58.6 Å². The summed E-state index contributed by atoms with van der Waals surface area (Å²) in [5.41, 5.74) is 0. The summed E-state index contributed by atoms with van der Waals surface area (Å²) in [5.74, 6) is 0.507. The van der Waals surface area contributed by atoms with Crippen LogP contribution in [0.15, 0.2) is 0 Å². The molecule has 0 saturated carbocycles. The SMILES string of the molecule is CC(C)COCCNC(=O)CCCO. The molecule has 1 amide bonds. The Morgan fingerprint density at radius 3 is 2.79 bits per heavy atom. The minimum Gasteiger partial charge on any atom is -0.396 e. The minimum atomic E-state index is -0.0211. The van der Waals surface area contributed by atoms with Gasteiger partial charge < -0.3 is 15.2 Å². The van der Waals surface area contributed by atoms with E-state index in [1.54, 1.807) is 0 Å². The van der Waals surface area contributed by atoms with E-state index in [2.05, 4.69) is 19.2 Å². The van der Waals surface area contributed by atoms with Gasteiger partial charge >= 0.3 is 0 Å². The molecule has 0 spiro atoms. The van der Waals surface area contributed by atoms with Crippen LogP contribution in [-0.4, -0.2) is 37.4 Å². The summed E-state index contributed by atoms with van der Waals surface area (Å²) in [6.07, 6.45) is 0.916. The zero-order valence-electron chi connectivity index (χ0n) is 9.08. The number of rotatable bonds is 8. The fraction of sp³-hybridized carbons (Fsp3) is 0.900. The van der Waals surface area contributed by atoms with Crippen molar-refractivity contribution in [2.75, 3.05) is 26.4 Å². The molecule has 0 saturated heterocycles. The molecular weight excluding hydrogens is 182 g/mol. The van der Waals surface area contributed by atoms with E-state index in [-0.39, 0.29) is 12.5 Å². The van der Waals surface area contributed by atoms with Crippen molar-refractivity contribution in [1.82, 2.24) is 5.32 Å². The van der Waals surface area contributed by atoms with Crippen molar-refractivity contribution in [2.45, 2.75) is 26.7 Å². The first-order chi connectivity index (χ1) is 6.66. The number of aliphatic hydroxyl groups excluding tert-OH is 1. The molecule has 4 heteroatoms. The van der Waals surface area contributed by atoms with Gasteiger partial charge in [0.1, 0.15) is 0 Å². The molecule has 0 aromatic rings. The molecule has 0 heterocycles. The van der Waals surface area contributed by atoms with Crippen LogP contribution in [0.4, 0.5) is 0 Å². The average Bonchev–Trinajstić information content (AvgIpc) is 2.13. The molecular formula is C10H21NO3. The summed E-state index contributed by atoms with van der Waals surface area (Å²) in [7, 11) is 0. The van der Waals surface area contributed by atoms with Gasteiger partial charge in [-0.05, 0) is 12.3 Å². The standard InChI is InChI=1S/C10H21NO3/c1-9(2)8-14-7-5-11-10(13)4-3-6-12/h9,12H,3-8H2,1-2H3,(H,11,13). The quantitative estimate of drug-likeness (QED) is 0.566. The average molecular weight is 203 g/mol. The van der Waals surface area contributed by atoms with E-state index in [0.717, 1.165) is 6.61 Å². The predicted octanol–water partition coefficient (Wildman–Crippen LogP) is 0.548. The fourth-order valence-corrected chi connectivity index (χ4v) is 0.910. The number of amides is 1. The van der Waals surface area contributed by atoms with Crippen molar-refractivity contribution in [2.24, 2.45) is 5.92 Å². The lowest BCUT2D eigenvalue weighted by atomic mass is 10.2. The van der Waals surface area contributed by atoms with Crippen molar-refractivity contribution in [3.63, 3.8) is 0 Å². The first-order valence-electron chi connectivity index (χ1n) is 5.12. The van der Waals surface area contributed by atoms with Crippen LogP contribution in [0.3, 0.4) is 0 Å². The molecule has 0 aliphatic rings. The summed E-state index contributed by atoms with van der Waals surface area (Å²) in [6, 6.07) is 0. The van der Waals surface area contributed by atoms with Gasteiger partial charge in [0.2, 0.25) is 5.91 Å². The molecule has 84 valence electrons. The zero-order chi connectivity index (χ0) is 10.8. The minimum absolute atomic E-state index is 0.0211. The summed E-state index contributed by atoms with van der Waals surface area (Å²) < 4.78 is 5.29. The first-order valence-corrected chi connectivity index (χ1v) is 5.12. The Morgan fingerprint density at radius 2 is 2.21 bits per heavy atom. The highest BCUT2D eigenvalue weighted by Crippen LogP contribution is 1.91. The third-order valence-electron chi connectivity index (χ3n) is 1.58. The van der Waals surface area contributed by atoms with Crippen LogP contribution in [-0.2, 0) is 9.53 Å². The Balaban J connectivity index is 3.15. The highest BCUT2D eigenvalue weighted by Gasteiger charge is 1.99. The van der Waals surface area contributed by atoms with Gasteiger partial charge in [-0.1, -0.05) is 13.8 Å². The highest BCUT2D eigenvalue weighted by molar-refractivity contribution is 5.75. The molecule has 0 aromatic heterocycles. The molecule has 4 nitrogen and oxygen atoms in total. The van der Waals surface area contributed by atoms with Crippen LogP contribution in [0.5, 0.6) is 0 Å². The van der Waals surface area contributed by atoms with Crippen molar-refractivity contribution < 1.29 is 14.6 Å². The smallest absolute Gasteiger partial charge is 0.220 e. The monoisotopic (exact) mass is 203 g/mol. The maximum Gasteiger partial charge on any atom is 0.220 e. The first kappa shape index (κ1) is 13.4. The van der Waals surface area contributed by atoms with Crippen LogP contribution in [0.2, 0.25) is 0 Å². The zero-order valence-corrected chi connectivity index (χ0v) is 9.08. The van der Waals surface area contributed by atoms with Gasteiger partial charge in [-0.15, -0.1) is 0 Å². The van der Waals surface area contributed by atoms with E-state index < -0.39 is 0 Å². The van der Waals surface area contributed by atoms with E-state index in [9.17, 15) is 4.79 Å². The van der Waals surface area contributed by atoms with E-state index >= 15 is 0 Å². The van der Waals surface area contributed by atoms with Gasteiger partial charge in [-0.2, -0.15) is 0 Å². The lowest BCUT2D eigenvalue weighted by Gasteiger charge is -2.07. The summed E-state index contributed by atoms with van der Waals surface area (Å²) in [6.45, 7) is 6.07. The van der Waals surface area contributed by atoms with Crippen LogP contribution >= 0.6 is 0 Å². The molecule has 0 unspecified atom stereocenters. The van der Waals surface area contributed by atoms with E-state index in [1.807, 2.05) is 0 Å². The third kappa shape index (κ3) is 9.48. The molecule has 0 fully saturated rings. The Labute approximate surface area is 85.6 Å². The summed E-state index contributed by atoms with van der Waals surface area (Å²) >= 11 is 0. The third-order valence-corrected chi connectivity index (χ3v) is 1.58. The fourth-order valence-electron chi connectivity index (χ4n) is 0.910. The molecule has 0 rings (SSSR count). The molecule has 2 N–H and O–H groups in total. The van der Waals surface area contributed by atoms with Crippen LogP contribution in [0, 0.1) is 5.92 Å². The van der Waals surface area contributed by atoms with Crippen molar-refractivity contribution in [3.8, 4) is 0 Å². The Morgan fingerprint density at radius 1 is 1.50 bits per heavy atom. The van der Waals surface area contributed by atoms with Gasteiger partial charge in [0.25, 0.3) is 0 Å². The van der Waals surface area contributed by atoms with E-state index in [0.29, 0.717) is 31.9 Å². The number of carbonyl (C=O) groups is 1. The van der Waals surface area contributed by atoms with Gasteiger partial charge in [0.05, 0.1) is 6.61 Å². The molecule has 0 aliphatic carbocycles.